The number of allylic oxidation sites excluding steroid dienone is 4. The monoisotopic (exact) mass is 302 g/mol. The summed E-state index contributed by atoms with van der Waals surface area (Å²) < 4.78 is 5.26. The molecular formula is C13H12Cl2O4. The average molecular weight is 303 g/mol. The molecule has 0 saturated carbocycles. The number of ketones is 1. The molecular weight excluding hydrogens is 291 g/mol. The molecule has 1 aliphatic heterocycles. The molecule has 2 rings (SSSR count). The molecule has 2 unspecified atom stereocenters. The summed E-state index contributed by atoms with van der Waals surface area (Å²) in [7, 11) is 0. The molecule has 0 amide bonds. The fourth-order valence-corrected chi connectivity index (χ4v) is 2.67. The van der Waals surface area contributed by atoms with Crippen molar-refractivity contribution in [2.45, 2.75) is 30.7 Å². The van der Waals surface area contributed by atoms with Gasteiger partial charge in [-0.1, -0.05) is 17.7 Å². The SMILES string of the molecule is CC=CC(=O)C1(Cl)CC2=C(C=C1Cl)OC(C(=O)O)C2. The molecule has 0 spiro atoms. The Morgan fingerprint density at radius 1 is 1.58 bits per heavy atom. The molecule has 0 saturated heterocycles. The fourth-order valence-electron chi connectivity index (χ4n) is 2.13. The van der Waals surface area contributed by atoms with E-state index in [0.29, 0.717) is 11.3 Å². The second-order valence-corrected chi connectivity index (χ2v) is 5.50. The number of rotatable bonds is 3. The normalized spacial score (nSPS) is 30.1. The first-order valence-electron chi connectivity index (χ1n) is 5.73. The standard InChI is InChI=1S/C13H12Cl2O4/c1-2-3-11(16)13(15)6-7-4-9(12(17)18)19-8(7)5-10(13)14/h2-3,5,9H,4,6H2,1H3,(H,17,18). The van der Waals surface area contributed by atoms with Gasteiger partial charge in [-0.3, -0.25) is 4.79 Å². The minimum absolute atomic E-state index is 0.155. The van der Waals surface area contributed by atoms with Crippen LogP contribution in [0.5, 0.6) is 0 Å². The zero-order chi connectivity index (χ0) is 14.2. The maximum Gasteiger partial charge on any atom is 0.345 e. The Morgan fingerprint density at radius 3 is 2.84 bits per heavy atom. The second-order valence-electron chi connectivity index (χ2n) is 4.45. The summed E-state index contributed by atoms with van der Waals surface area (Å²) in [6.07, 6.45) is 3.86. The van der Waals surface area contributed by atoms with E-state index in [-0.39, 0.29) is 23.7 Å². The summed E-state index contributed by atoms with van der Waals surface area (Å²) in [5, 5.41) is 9.09. The van der Waals surface area contributed by atoms with Gasteiger partial charge in [0.15, 0.2) is 11.9 Å². The highest BCUT2D eigenvalue weighted by Gasteiger charge is 2.45. The Morgan fingerprint density at radius 2 is 2.26 bits per heavy atom. The van der Waals surface area contributed by atoms with Gasteiger partial charge in [0.1, 0.15) is 10.6 Å². The average Bonchev–Trinajstić information content (AvgIpc) is 2.73. The highest BCUT2D eigenvalue weighted by atomic mass is 35.5. The van der Waals surface area contributed by atoms with Gasteiger partial charge in [0.25, 0.3) is 0 Å². The lowest BCUT2D eigenvalue weighted by Gasteiger charge is -2.27. The second kappa shape index (κ2) is 5.02. The summed E-state index contributed by atoms with van der Waals surface area (Å²) in [5.74, 6) is -0.941. The zero-order valence-corrected chi connectivity index (χ0v) is 11.7. The van der Waals surface area contributed by atoms with E-state index >= 15 is 0 Å². The first-order chi connectivity index (χ1) is 8.88. The molecule has 2 aliphatic rings. The molecule has 0 aromatic carbocycles. The van der Waals surface area contributed by atoms with E-state index in [9.17, 15) is 9.59 Å². The van der Waals surface area contributed by atoms with E-state index in [0.717, 1.165) is 0 Å². The summed E-state index contributed by atoms with van der Waals surface area (Å²) in [5.41, 5.74) is 0.713. The van der Waals surface area contributed by atoms with Gasteiger partial charge in [0.05, 0.1) is 5.03 Å². The van der Waals surface area contributed by atoms with E-state index < -0.39 is 16.9 Å². The van der Waals surface area contributed by atoms with Crippen LogP contribution < -0.4 is 0 Å². The Balaban J connectivity index is 2.27. The Hall–Kier alpha value is -1.26. The molecule has 0 aromatic heterocycles. The lowest BCUT2D eigenvalue weighted by atomic mass is 9.87. The van der Waals surface area contributed by atoms with Gasteiger partial charge in [0, 0.05) is 12.8 Å². The van der Waals surface area contributed by atoms with Crippen molar-refractivity contribution in [1.82, 2.24) is 0 Å². The largest absolute Gasteiger partial charge is 0.478 e. The number of carbonyl (C=O) groups is 2. The van der Waals surface area contributed by atoms with Crippen molar-refractivity contribution >= 4 is 35.0 Å². The van der Waals surface area contributed by atoms with Crippen molar-refractivity contribution in [3.63, 3.8) is 0 Å². The van der Waals surface area contributed by atoms with Crippen LogP contribution in [-0.2, 0) is 14.3 Å². The Kier molecular flexibility index (Phi) is 3.74. The van der Waals surface area contributed by atoms with E-state index in [1.54, 1.807) is 13.0 Å². The third kappa shape index (κ3) is 2.42. The van der Waals surface area contributed by atoms with Crippen LogP contribution in [0.25, 0.3) is 0 Å². The van der Waals surface area contributed by atoms with Gasteiger partial charge in [0.2, 0.25) is 0 Å². The molecule has 6 heteroatoms. The predicted octanol–water partition coefficient (Wildman–Crippen LogP) is 2.76. The van der Waals surface area contributed by atoms with Gasteiger partial charge >= 0.3 is 5.97 Å². The number of aliphatic carboxylic acids is 1. The van der Waals surface area contributed by atoms with Crippen molar-refractivity contribution in [2.75, 3.05) is 0 Å². The predicted molar refractivity (Wildman–Crippen MR) is 71.1 cm³/mol. The zero-order valence-electron chi connectivity index (χ0n) is 10.2. The number of alkyl halides is 1. The highest BCUT2D eigenvalue weighted by molar-refractivity contribution is 6.48. The van der Waals surface area contributed by atoms with E-state index in [4.69, 9.17) is 33.0 Å². The summed E-state index contributed by atoms with van der Waals surface area (Å²) >= 11 is 12.4. The number of carboxylic acids is 1. The number of ether oxygens (including phenoxy) is 1. The van der Waals surface area contributed by atoms with Crippen molar-refractivity contribution < 1.29 is 19.4 Å². The first kappa shape index (κ1) is 14.2. The first-order valence-corrected chi connectivity index (χ1v) is 6.49. The Bertz CT molecular complexity index is 533. The van der Waals surface area contributed by atoms with Gasteiger partial charge in [-0.15, -0.1) is 11.6 Å². The number of hydrogen-bond acceptors (Lipinski definition) is 3. The van der Waals surface area contributed by atoms with E-state index in [1.807, 2.05) is 0 Å². The summed E-state index contributed by atoms with van der Waals surface area (Å²) in [6, 6.07) is 0. The molecule has 0 radical (unpaired) electrons. The van der Waals surface area contributed by atoms with Crippen molar-refractivity contribution in [1.29, 1.82) is 0 Å². The van der Waals surface area contributed by atoms with E-state index in [1.165, 1.54) is 12.2 Å². The highest BCUT2D eigenvalue weighted by Crippen LogP contribution is 2.45. The topological polar surface area (TPSA) is 63.6 Å². The molecule has 0 aromatic rings. The number of hydrogen-bond donors (Lipinski definition) is 1. The molecule has 19 heavy (non-hydrogen) atoms. The van der Waals surface area contributed by atoms with Crippen LogP contribution in [-0.4, -0.2) is 27.8 Å². The lowest BCUT2D eigenvalue weighted by molar-refractivity contribution is -0.146. The van der Waals surface area contributed by atoms with Gasteiger partial charge in [-0.2, -0.15) is 0 Å². The molecule has 1 aliphatic carbocycles. The molecule has 2 atom stereocenters. The van der Waals surface area contributed by atoms with Gasteiger partial charge in [-0.05, 0) is 24.6 Å². The van der Waals surface area contributed by atoms with Crippen LogP contribution >= 0.6 is 23.2 Å². The number of carbonyl (C=O) groups excluding carboxylic acids is 1. The minimum Gasteiger partial charge on any atom is -0.478 e. The molecule has 102 valence electrons. The molecule has 1 N–H and O–H groups in total. The lowest BCUT2D eigenvalue weighted by Crippen LogP contribution is -2.34. The fraction of sp³-hybridized carbons (Fsp3) is 0.385. The van der Waals surface area contributed by atoms with Crippen molar-refractivity contribution in [3.8, 4) is 0 Å². The van der Waals surface area contributed by atoms with Crippen LogP contribution in [0.3, 0.4) is 0 Å². The maximum atomic E-state index is 12.0. The Labute approximate surface area is 120 Å². The minimum atomic E-state index is -1.34. The summed E-state index contributed by atoms with van der Waals surface area (Å²) in [4.78, 5) is 21.6. The van der Waals surface area contributed by atoms with Gasteiger partial charge < -0.3 is 9.84 Å². The third-order valence-corrected chi connectivity index (χ3v) is 4.18. The van der Waals surface area contributed by atoms with Crippen molar-refractivity contribution in [3.05, 3.63) is 34.6 Å². The number of carboxylic acid groups (broad SMARTS) is 1. The van der Waals surface area contributed by atoms with Gasteiger partial charge in [-0.25, -0.2) is 4.79 Å². The summed E-state index contributed by atoms with van der Waals surface area (Å²) in [6.45, 7) is 1.71. The molecule has 1 heterocycles. The third-order valence-electron chi connectivity index (χ3n) is 3.13. The smallest absolute Gasteiger partial charge is 0.345 e. The quantitative estimate of drug-likeness (QED) is 0.643. The van der Waals surface area contributed by atoms with Crippen LogP contribution in [0.15, 0.2) is 34.6 Å². The van der Waals surface area contributed by atoms with Crippen LogP contribution in [0.1, 0.15) is 19.8 Å². The van der Waals surface area contributed by atoms with E-state index in [2.05, 4.69) is 0 Å². The molecule has 4 nitrogen and oxygen atoms in total. The van der Waals surface area contributed by atoms with Crippen LogP contribution in [0, 0.1) is 0 Å². The number of halogens is 2. The molecule has 0 bridgehead atoms. The maximum absolute atomic E-state index is 12.0. The van der Waals surface area contributed by atoms with Crippen LogP contribution in [0.4, 0.5) is 0 Å². The molecule has 0 fully saturated rings. The van der Waals surface area contributed by atoms with Crippen molar-refractivity contribution in [2.24, 2.45) is 0 Å². The van der Waals surface area contributed by atoms with Crippen LogP contribution in [0.2, 0.25) is 0 Å².